The summed E-state index contributed by atoms with van der Waals surface area (Å²) in [4.78, 5) is 52.0. The normalized spacial score (nSPS) is 31.2. The molecule has 4 rings (SSSR count). The van der Waals surface area contributed by atoms with Crippen molar-refractivity contribution in [3.05, 3.63) is 24.3 Å². The van der Waals surface area contributed by atoms with Gasteiger partial charge in [-0.25, -0.2) is 4.79 Å². The van der Waals surface area contributed by atoms with Crippen LogP contribution in [0.5, 0.6) is 0 Å². The first-order valence-electron chi connectivity index (χ1n) is 38.2. The molecule has 23 atom stereocenters. The second-order valence-electron chi connectivity index (χ2n) is 28.2. The standard InChI is InChI=1S/C73H131N3O26/c1-5-7-9-11-13-15-17-19-20-21-22-23-24-25-26-28-30-32-34-36-38-40-56(86)76-49(50(83)39-37-35-33-31-29-27-18-16-14-12-10-8-6-2)46-95-70-63(91)62(90)65(54(44-79)97-70)99-71-64(92)68(66(55(45-80)98-71)100-69-58(75-48(4)82)61(89)60(88)53(43-78)96-69)102-73(72(93)94)41-51(84)57(74-47(3)81)67(101-73)59(87)52(85)42-77/h19-20,37,39,49-55,57-71,77-80,83-85,87-92H,5-18,21-36,38,40-46H2,1-4H3,(H,74,81)(H,75,82)(H,76,86)(H,93,94)/b20-19-,39-37+/t49-,50+,51-,52+,53+,54+,55+,57+,58+,59+,60-,61+,62+,63+,64+,65+,66-,67+,68+,69-,70+,71-,73-/m0/s1. The molecule has 0 aromatic rings. The van der Waals surface area contributed by atoms with Gasteiger partial charge in [0.2, 0.25) is 17.7 Å². The van der Waals surface area contributed by atoms with E-state index in [0.717, 1.165) is 71.6 Å². The number of aliphatic hydroxyl groups excluding tert-OH is 13. The van der Waals surface area contributed by atoms with Gasteiger partial charge in [-0.1, -0.05) is 192 Å². The van der Waals surface area contributed by atoms with E-state index in [1.807, 2.05) is 6.08 Å². The van der Waals surface area contributed by atoms with E-state index in [4.69, 9.17) is 37.9 Å². The molecule has 0 aromatic carbocycles. The van der Waals surface area contributed by atoms with Gasteiger partial charge >= 0.3 is 5.97 Å². The quantitative estimate of drug-likeness (QED) is 0.0307. The highest BCUT2D eigenvalue weighted by Crippen LogP contribution is 2.40. The molecule has 29 nitrogen and oxygen atoms in total. The molecule has 0 aromatic heterocycles. The van der Waals surface area contributed by atoms with Crippen molar-refractivity contribution in [3.63, 3.8) is 0 Å². The van der Waals surface area contributed by atoms with Gasteiger partial charge in [0, 0.05) is 26.7 Å². The number of carbonyl (C=O) groups excluding carboxylic acids is 3. The van der Waals surface area contributed by atoms with Crippen LogP contribution < -0.4 is 16.0 Å². The summed E-state index contributed by atoms with van der Waals surface area (Å²) in [6.07, 6.45) is 4.82. The van der Waals surface area contributed by atoms with Crippen molar-refractivity contribution in [2.24, 2.45) is 0 Å². The number of amides is 3. The largest absolute Gasteiger partial charge is 0.477 e. The lowest BCUT2D eigenvalue weighted by atomic mass is 9.88. The molecule has 0 unspecified atom stereocenters. The molecule has 0 aliphatic carbocycles. The second kappa shape index (κ2) is 51.0. The Kier molecular flexibility index (Phi) is 45.4. The maximum atomic E-state index is 13.6. The van der Waals surface area contributed by atoms with Gasteiger partial charge in [-0.3, -0.25) is 14.4 Å². The van der Waals surface area contributed by atoms with Crippen molar-refractivity contribution in [1.82, 2.24) is 16.0 Å². The lowest BCUT2D eigenvalue weighted by molar-refractivity contribution is -0.401. The van der Waals surface area contributed by atoms with E-state index in [2.05, 4.69) is 41.9 Å². The minimum absolute atomic E-state index is 0.158. The lowest BCUT2D eigenvalue weighted by Gasteiger charge is -2.52. The maximum Gasteiger partial charge on any atom is 0.364 e. The molecule has 594 valence electrons. The van der Waals surface area contributed by atoms with Crippen molar-refractivity contribution < 1.29 is 129 Å². The van der Waals surface area contributed by atoms with Crippen LogP contribution >= 0.6 is 0 Å². The van der Waals surface area contributed by atoms with Gasteiger partial charge in [-0.15, -0.1) is 0 Å². The van der Waals surface area contributed by atoms with Crippen LogP contribution in [-0.4, -0.2) is 269 Å². The first-order valence-corrected chi connectivity index (χ1v) is 38.2. The van der Waals surface area contributed by atoms with Crippen LogP contribution in [0.1, 0.15) is 240 Å². The number of aliphatic hydroxyl groups is 13. The Bertz CT molecular complexity index is 2330. The zero-order chi connectivity index (χ0) is 75.0. The number of nitrogens with one attached hydrogen (secondary N) is 3. The second-order valence-corrected chi connectivity index (χ2v) is 28.2. The van der Waals surface area contributed by atoms with Crippen LogP contribution in [-0.2, 0) is 57.1 Å². The molecule has 4 saturated heterocycles. The van der Waals surface area contributed by atoms with Crippen LogP contribution in [0.4, 0.5) is 0 Å². The number of hydrogen-bond acceptors (Lipinski definition) is 25. The Labute approximate surface area is 603 Å². The average molecular weight is 1470 g/mol. The smallest absolute Gasteiger partial charge is 0.364 e. The van der Waals surface area contributed by atoms with Gasteiger partial charge in [-0.2, -0.15) is 0 Å². The molecular weight excluding hydrogens is 1330 g/mol. The van der Waals surface area contributed by atoms with Crippen molar-refractivity contribution in [2.45, 2.75) is 380 Å². The molecule has 102 heavy (non-hydrogen) atoms. The van der Waals surface area contributed by atoms with E-state index in [0.29, 0.717) is 12.8 Å². The van der Waals surface area contributed by atoms with E-state index >= 15 is 0 Å². The van der Waals surface area contributed by atoms with Crippen LogP contribution in [0.15, 0.2) is 24.3 Å². The fourth-order valence-corrected chi connectivity index (χ4v) is 13.6. The van der Waals surface area contributed by atoms with Crippen molar-refractivity contribution in [3.8, 4) is 0 Å². The molecule has 4 aliphatic rings. The topological polar surface area (TPSA) is 461 Å². The number of rotatable bonds is 54. The lowest BCUT2D eigenvalue weighted by Crippen LogP contribution is -2.72. The monoisotopic (exact) mass is 1470 g/mol. The van der Waals surface area contributed by atoms with Crippen LogP contribution in [0.25, 0.3) is 0 Å². The van der Waals surface area contributed by atoms with Gasteiger partial charge in [0.25, 0.3) is 5.79 Å². The van der Waals surface area contributed by atoms with Crippen molar-refractivity contribution in [1.29, 1.82) is 0 Å². The number of aliphatic carboxylic acids is 1. The predicted molar refractivity (Wildman–Crippen MR) is 373 cm³/mol. The predicted octanol–water partition coefficient (Wildman–Crippen LogP) is 3.25. The van der Waals surface area contributed by atoms with E-state index in [1.54, 1.807) is 6.08 Å². The number of ether oxygens (including phenoxy) is 8. The Hall–Kier alpha value is -3.48. The first-order chi connectivity index (χ1) is 49.0. The first kappa shape index (κ1) is 90.9. The number of hydrogen-bond donors (Lipinski definition) is 17. The minimum Gasteiger partial charge on any atom is -0.477 e. The Balaban J connectivity index is 1.48. The number of carboxylic acid groups (broad SMARTS) is 1. The molecule has 0 spiro atoms. The molecule has 17 N–H and O–H groups in total. The number of carboxylic acids is 1. The molecule has 3 amide bonds. The van der Waals surface area contributed by atoms with E-state index in [9.17, 15) is 90.7 Å². The number of allylic oxidation sites excluding steroid dienone is 3. The van der Waals surface area contributed by atoms with Crippen molar-refractivity contribution in [2.75, 3.05) is 33.0 Å². The summed E-state index contributed by atoms with van der Waals surface area (Å²) in [7, 11) is 0. The highest BCUT2D eigenvalue weighted by Gasteiger charge is 2.62. The summed E-state index contributed by atoms with van der Waals surface area (Å²) in [5.41, 5.74) is 0. The van der Waals surface area contributed by atoms with Crippen molar-refractivity contribution >= 4 is 23.7 Å². The molecule has 4 aliphatic heterocycles. The summed E-state index contributed by atoms with van der Waals surface area (Å²) in [6, 6.07) is -4.53. The highest BCUT2D eigenvalue weighted by atomic mass is 16.8. The van der Waals surface area contributed by atoms with Gasteiger partial charge in [0.05, 0.1) is 57.3 Å². The third kappa shape index (κ3) is 31.0. The molecule has 0 radical (unpaired) electrons. The summed E-state index contributed by atoms with van der Waals surface area (Å²) in [5.74, 6) is -7.37. The summed E-state index contributed by atoms with van der Waals surface area (Å²) < 4.78 is 48.0. The molecule has 4 heterocycles. The molecule has 4 fully saturated rings. The van der Waals surface area contributed by atoms with Gasteiger partial charge < -0.3 is 125 Å². The fraction of sp³-hybridized carbons (Fsp3) is 0.890. The Morgan fingerprint density at radius 2 is 0.961 bits per heavy atom. The molecule has 0 bridgehead atoms. The van der Waals surface area contributed by atoms with Crippen LogP contribution in [0.2, 0.25) is 0 Å². The summed E-state index contributed by atoms with van der Waals surface area (Å²) in [6.45, 7) is 1.74. The Morgan fingerprint density at radius 1 is 0.510 bits per heavy atom. The van der Waals surface area contributed by atoms with Gasteiger partial charge in [0.15, 0.2) is 18.9 Å². The highest BCUT2D eigenvalue weighted by molar-refractivity contribution is 5.77. The van der Waals surface area contributed by atoms with E-state index in [-0.39, 0.29) is 12.3 Å². The molecular formula is C73H131N3O26. The van der Waals surface area contributed by atoms with E-state index < -0.39 is 198 Å². The fourth-order valence-electron chi connectivity index (χ4n) is 13.6. The minimum atomic E-state index is -3.28. The third-order valence-corrected chi connectivity index (χ3v) is 19.6. The third-order valence-electron chi connectivity index (χ3n) is 19.6. The zero-order valence-corrected chi connectivity index (χ0v) is 61.0. The summed E-state index contributed by atoms with van der Waals surface area (Å²) in [5, 5.41) is 163. The number of unbranched alkanes of at least 4 members (excludes halogenated alkanes) is 28. The zero-order valence-electron chi connectivity index (χ0n) is 61.0. The van der Waals surface area contributed by atoms with E-state index in [1.165, 1.54) is 128 Å². The number of carbonyl (C=O) groups is 4. The maximum absolute atomic E-state index is 13.6. The SMILES string of the molecule is CCCCCCCC/C=C\CCCCCCCCCCCCCC(=O)N[C@@H](CO[C@@H]1O[C@H](CO)[C@@H](O[C@@H]2O[C@H](CO)[C@H](O[C@@H]3O[C@H](CO)[C@H](O)[C@H](O)[C@H]3NC(C)=O)[C@H](O[C@]3(C(=O)O)C[C@H](O)[C@@H](NC(C)=O)[C@H]([C@H](O)[C@H](O)CO)O3)[C@H]2O)[C@H](O)[C@H]1O)[C@H](O)/C=C/CCCCCCCCCCCCC. The molecule has 29 heteroatoms. The van der Waals surface area contributed by atoms with Gasteiger partial charge in [-0.05, 0) is 44.9 Å². The van der Waals surface area contributed by atoms with Crippen LogP contribution in [0, 0.1) is 0 Å². The average Bonchev–Trinajstić information content (AvgIpc) is 0.751. The van der Waals surface area contributed by atoms with Gasteiger partial charge in [0.1, 0.15) is 91.5 Å². The Morgan fingerprint density at radius 3 is 1.45 bits per heavy atom. The summed E-state index contributed by atoms with van der Waals surface area (Å²) >= 11 is 0. The molecule has 0 saturated carbocycles. The van der Waals surface area contributed by atoms with Crippen LogP contribution in [0.3, 0.4) is 0 Å².